The number of thiazole rings is 1. The molecule has 1 unspecified atom stereocenters. The smallest absolute Gasteiger partial charge is 0.305 e. The first kappa shape index (κ1) is 9.15. The second-order valence-corrected chi connectivity index (χ2v) is 3.07. The Morgan fingerprint density at radius 1 is 1.92 bits per heavy atom. The van der Waals surface area contributed by atoms with Gasteiger partial charge in [0, 0.05) is 5.38 Å². The summed E-state index contributed by atoms with van der Waals surface area (Å²) in [4.78, 5) is 14.4. The molecule has 12 heavy (non-hydrogen) atoms. The van der Waals surface area contributed by atoms with Crippen molar-refractivity contribution in [1.82, 2.24) is 10.3 Å². The third kappa shape index (κ3) is 2.28. The standard InChI is InChI=1S/C7H10N2O2S/c1-8-5(2-7(10)11)6-3-12-4-9-6/h3-5,8H,2H2,1H3,(H,10,11). The summed E-state index contributed by atoms with van der Waals surface area (Å²) in [5.41, 5.74) is 2.49. The summed E-state index contributed by atoms with van der Waals surface area (Å²) in [7, 11) is 1.73. The van der Waals surface area contributed by atoms with Crippen molar-refractivity contribution in [2.45, 2.75) is 12.5 Å². The fraction of sp³-hybridized carbons (Fsp3) is 0.429. The molecular formula is C7H10N2O2S. The largest absolute Gasteiger partial charge is 0.481 e. The van der Waals surface area contributed by atoms with Gasteiger partial charge in [0.05, 0.1) is 23.7 Å². The van der Waals surface area contributed by atoms with Crippen LogP contribution in [0.15, 0.2) is 10.9 Å². The van der Waals surface area contributed by atoms with Gasteiger partial charge in [0.2, 0.25) is 0 Å². The van der Waals surface area contributed by atoms with E-state index in [0.29, 0.717) is 0 Å². The molecule has 4 nitrogen and oxygen atoms in total. The molecule has 0 saturated heterocycles. The lowest BCUT2D eigenvalue weighted by Crippen LogP contribution is -2.19. The maximum Gasteiger partial charge on any atom is 0.305 e. The van der Waals surface area contributed by atoms with Gasteiger partial charge >= 0.3 is 5.97 Å². The first-order valence-electron chi connectivity index (χ1n) is 3.51. The number of carboxylic acids is 1. The topological polar surface area (TPSA) is 62.2 Å². The Morgan fingerprint density at radius 3 is 3.08 bits per heavy atom. The molecule has 5 heteroatoms. The van der Waals surface area contributed by atoms with E-state index in [9.17, 15) is 4.79 Å². The molecule has 0 aromatic carbocycles. The number of carboxylic acid groups (broad SMARTS) is 1. The predicted octanol–water partition coefficient (Wildman–Crippen LogP) is 0.878. The minimum absolute atomic E-state index is 0.0697. The second kappa shape index (κ2) is 4.18. The van der Waals surface area contributed by atoms with Gasteiger partial charge in [0.25, 0.3) is 0 Å². The maximum absolute atomic E-state index is 10.4. The average molecular weight is 186 g/mol. The van der Waals surface area contributed by atoms with Crippen molar-refractivity contribution in [3.8, 4) is 0 Å². The monoisotopic (exact) mass is 186 g/mol. The average Bonchev–Trinajstić information content (AvgIpc) is 2.51. The molecule has 2 N–H and O–H groups in total. The van der Waals surface area contributed by atoms with E-state index in [1.165, 1.54) is 11.3 Å². The molecule has 1 atom stereocenters. The minimum Gasteiger partial charge on any atom is -0.481 e. The van der Waals surface area contributed by atoms with Crippen molar-refractivity contribution < 1.29 is 9.90 Å². The van der Waals surface area contributed by atoms with E-state index in [2.05, 4.69) is 10.3 Å². The Morgan fingerprint density at radius 2 is 2.67 bits per heavy atom. The molecular weight excluding hydrogens is 176 g/mol. The van der Waals surface area contributed by atoms with Crippen LogP contribution in [0, 0.1) is 0 Å². The fourth-order valence-corrected chi connectivity index (χ4v) is 1.53. The van der Waals surface area contributed by atoms with E-state index in [4.69, 9.17) is 5.11 Å². The molecule has 1 aromatic heterocycles. The molecule has 0 amide bonds. The van der Waals surface area contributed by atoms with E-state index in [1.807, 2.05) is 5.38 Å². The molecule has 0 aliphatic carbocycles. The number of aliphatic carboxylic acids is 1. The van der Waals surface area contributed by atoms with E-state index in [-0.39, 0.29) is 12.5 Å². The van der Waals surface area contributed by atoms with Crippen molar-refractivity contribution in [3.05, 3.63) is 16.6 Å². The molecule has 0 fully saturated rings. The molecule has 0 spiro atoms. The van der Waals surface area contributed by atoms with Gasteiger partial charge in [-0.3, -0.25) is 4.79 Å². The first-order chi connectivity index (χ1) is 5.74. The quantitative estimate of drug-likeness (QED) is 0.732. The number of hydrogen-bond acceptors (Lipinski definition) is 4. The zero-order chi connectivity index (χ0) is 8.97. The molecule has 1 heterocycles. The summed E-state index contributed by atoms with van der Waals surface area (Å²) < 4.78 is 0. The number of hydrogen-bond donors (Lipinski definition) is 2. The number of nitrogens with zero attached hydrogens (tertiary/aromatic N) is 1. The van der Waals surface area contributed by atoms with Gasteiger partial charge in [-0.25, -0.2) is 4.98 Å². The second-order valence-electron chi connectivity index (χ2n) is 2.35. The van der Waals surface area contributed by atoms with Crippen LogP contribution in [-0.2, 0) is 4.79 Å². The fourth-order valence-electron chi connectivity index (χ4n) is 0.923. The summed E-state index contributed by atoms with van der Waals surface area (Å²) in [6.45, 7) is 0. The van der Waals surface area contributed by atoms with E-state index >= 15 is 0 Å². The van der Waals surface area contributed by atoms with Gasteiger partial charge in [0.15, 0.2) is 0 Å². The lowest BCUT2D eigenvalue weighted by atomic mass is 10.1. The van der Waals surface area contributed by atoms with Crippen LogP contribution in [-0.4, -0.2) is 23.1 Å². The first-order valence-corrected chi connectivity index (χ1v) is 4.45. The van der Waals surface area contributed by atoms with Crippen molar-refractivity contribution in [3.63, 3.8) is 0 Å². The molecule has 66 valence electrons. The van der Waals surface area contributed by atoms with Gasteiger partial charge in [-0.1, -0.05) is 0 Å². The van der Waals surface area contributed by atoms with Crippen LogP contribution in [0.25, 0.3) is 0 Å². The van der Waals surface area contributed by atoms with Crippen LogP contribution < -0.4 is 5.32 Å². The number of rotatable bonds is 4. The van der Waals surface area contributed by atoms with Crippen LogP contribution in [0.5, 0.6) is 0 Å². The maximum atomic E-state index is 10.4. The zero-order valence-corrected chi connectivity index (χ0v) is 7.47. The third-order valence-corrected chi connectivity index (χ3v) is 2.14. The lowest BCUT2D eigenvalue weighted by molar-refractivity contribution is -0.137. The summed E-state index contributed by atoms with van der Waals surface area (Å²) in [6.07, 6.45) is 0.0697. The van der Waals surface area contributed by atoms with Crippen LogP contribution in [0.1, 0.15) is 18.2 Å². The highest BCUT2D eigenvalue weighted by molar-refractivity contribution is 7.07. The Labute approximate surface area is 74.3 Å². The Kier molecular flexibility index (Phi) is 3.19. The highest BCUT2D eigenvalue weighted by atomic mass is 32.1. The summed E-state index contributed by atoms with van der Waals surface area (Å²) in [5.74, 6) is -0.817. The van der Waals surface area contributed by atoms with Crippen molar-refractivity contribution in [2.24, 2.45) is 0 Å². The van der Waals surface area contributed by atoms with E-state index < -0.39 is 5.97 Å². The van der Waals surface area contributed by atoms with Crippen molar-refractivity contribution in [1.29, 1.82) is 0 Å². The van der Waals surface area contributed by atoms with Crippen LogP contribution in [0.3, 0.4) is 0 Å². The molecule has 0 aliphatic heterocycles. The molecule has 0 bridgehead atoms. The lowest BCUT2D eigenvalue weighted by Gasteiger charge is -2.09. The highest BCUT2D eigenvalue weighted by Gasteiger charge is 2.14. The summed E-state index contributed by atoms with van der Waals surface area (Å²) in [5, 5.41) is 13.3. The molecule has 1 aromatic rings. The normalized spacial score (nSPS) is 12.8. The minimum atomic E-state index is -0.817. The molecule has 0 radical (unpaired) electrons. The summed E-state index contributed by atoms with van der Waals surface area (Å²) in [6, 6.07) is -0.172. The van der Waals surface area contributed by atoms with Crippen LogP contribution >= 0.6 is 11.3 Å². The van der Waals surface area contributed by atoms with Gasteiger partial charge in [0.1, 0.15) is 0 Å². The zero-order valence-electron chi connectivity index (χ0n) is 6.65. The molecule has 0 saturated carbocycles. The Hall–Kier alpha value is -0.940. The van der Waals surface area contributed by atoms with E-state index in [1.54, 1.807) is 12.6 Å². The van der Waals surface area contributed by atoms with Gasteiger partial charge in [-0.2, -0.15) is 0 Å². The Bertz CT molecular complexity index is 248. The number of nitrogens with one attached hydrogen (secondary N) is 1. The van der Waals surface area contributed by atoms with Gasteiger partial charge in [-0.15, -0.1) is 11.3 Å². The molecule has 0 aliphatic rings. The molecule has 1 rings (SSSR count). The number of aromatic nitrogens is 1. The predicted molar refractivity (Wildman–Crippen MR) is 46.2 cm³/mol. The van der Waals surface area contributed by atoms with Crippen molar-refractivity contribution in [2.75, 3.05) is 7.05 Å². The van der Waals surface area contributed by atoms with Crippen LogP contribution in [0.2, 0.25) is 0 Å². The Balaban J connectivity index is 2.63. The third-order valence-electron chi connectivity index (χ3n) is 1.54. The van der Waals surface area contributed by atoms with Crippen LogP contribution in [0.4, 0.5) is 0 Å². The number of carbonyl (C=O) groups is 1. The van der Waals surface area contributed by atoms with Gasteiger partial charge in [-0.05, 0) is 7.05 Å². The summed E-state index contributed by atoms with van der Waals surface area (Å²) >= 11 is 1.47. The van der Waals surface area contributed by atoms with E-state index in [0.717, 1.165) is 5.69 Å². The van der Waals surface area contributed by atoms with Crippen molar-refractivity contribution >= 4 is 17.3 Å². The SMILES string of the molecule is CNC(CC(=O)O)c1cscn1. The highest BCUT2D eigenvalue weighted by Crippen LogP contribution is 2.15. The van der Waals surface area contributed by atoms with Gasteiger partial charge < -0.3 is 10.4 Å².